The number of nitrogens with one attached hydrogen (secondary N) is 2. The van der Waals surface area contributed by atoms with Crippen LogP contribution >= 0.6 is 0 Å². The fraction of sp³-hybridized carbons (Fsp3) is 0.263. The molecule has 1 aliphatic heterocycles. The summed E-state index contributed by atoms with van der Waals surface area (Å²) in [5.41, 5.74) is 1.56. The van der Waals surface area contributed by atoms with E-state index >= 15 is 0 Å². The van der Waals surface area contributed by atoms with E-state index in [1.807, 2.05) is 31.2 Å². The zero-order chi connectivity index (χ0) is 18.4. The highest BCUT2D eigenvalue weighted by atomic mass is 16.7. The van der Waals surface area contributed by atoms with Crippen LogP contribution in [0, 0.1) is 6.92 Å². The molecule has 2 aromatic rings. The first-order valence-electron chi connectivity index (χ1n) is 8.26. The Balaban J connectivity index is 1.36. The zero-order valence-electron chi connectivity index (χ0n) is 14.4. The molecule has 0 saturated carbocycles. The highest BCUT2D eigenvalue weighted by Crippen LogP contribution is 2.32. The number of amides is 2. The van der Waals surface area contributed by atoms with Crippen LogP contribution in [0.1, 0.15) is 15.9 Å². The van der Waals surface area contributed by atoms with Gasteiger partial charge in [-0.3, -0.25) is 9.59 Å². The van der Waals surface area contributed by atoms with E-state index in [-0.39, 0.29) is 25.2 Å². The largest absolute Gasteiger partial charge is 0.492 e. The third-order valence-electron chi connectivity index (χ3n) is 3.76. The molecule has 3 rings (SSSR count). The molecule has 2 N–H and O–H groups in total. The van der Waals surface area contributed by atoms with E-state index in [0.717, 1.165) is 11.3 Å². The number of carbonyl (C=O) groups is 2. The molecule has 0 spiro atoms. The van der Waals surface area contributed by atoms with Crippen LogP contribution in [0.2, 0.25) is 0 Å². The van der Waals surface area contributed by atoms with Crippen LogP contribution in [0.4, 0.5) is 0 Å². The second-order valence-corrected chi connectivity index (χ2v) is 5.76. The van der Waals surface area contributed by atoms with E-state index in [0.29, 0.717) is 30.2 Å². The van der Waals surface area contributed by atoms with Crippen molar-refractivity contribution < 1.29 is 23.8 Å². The summed E-state index contributed by atoms with van der Waals surface area (Å²) in [7, 11) is 0. The van der Waals surface area contributed by atoms with Gasteiger partial charge in [0.05, 0.1) is 13.1 Å². The predicted molar refractivity (Wildman–Crippen MR) is 94.6 cm³/mol. The van der Waals surface area contributed by atoms with E-state index in [9.17, 15) is 9.59 Å². The summed E-state index contributed by atoms with van der Waals surface area (Å²) in [4.78, 5) is 23.9. The van der Waals surface area contributed by atoms with Gasteiger partial charge in [0.25, 0.3) is 5.91 Å². The molecule has 2 amide bonds. The number of ether oxygens (including phenoxy) is 3. The molecule has 0 saturated heterocycles. The van der Waals surface area contributed by atoms with Gasteiger partial charge in [-0.05, 0) is 37.3 Å². The van der Waals surface area contributed by atoms with Crippen LogP contribution in [0.3, 0.4) is 0 Å². The number of benzene rings is 2. The molecule has 0 bridgehead atoms. The minimum absolute atomic E-state index is 0.113. The quantitative estimate of drug-likeness (QED) is 0.737. The fourth-order valence-corrected chi connectivity index (χ4v) is 2.36. The van der Waals surface area contributed by atoms with Gasteiger partial charge in [0.15, 0.2) is 11.5 Å². The van der Waals surface area contributed by atoms with Crippen molar-refractivity contribution in [1.29, 1.82) is 0 Å². The Hall–Kier alpha value is -3.22. The van der Waals surface area contributed by atoms with Crippen molar-refractivity contribution in [2.24, 2.45) is 0 Å². The Bertz CT molecular complexity index is 789. The summed E-state index contributed by atoms with van der Waals surface area (Å²) in [6.07, 6.45) is 0. The molecule has 0 radical (unpaired) electrons. The third kappa shape index (κ3) is 4.66. The summed E-state index contributed by atoms with van der Waals surface area (Å²) in [5, 5.41) is 5.26. The molecular weight excluding hydrogens is 336 g/mol. The molecule has 136 valence electrons. The van der Waals surface area contributed by atoms with Crippen molar-refractivity contribution in [2.45, 2.75) is 6.92 Å². The lowest BCUT2D eigenvalue weighted by atomic mass is 10.2. The SMILES string of the molecule is Cc1ccc(OCCNC(=O)CNC(=O)c2ccc3c(c2)OCO3)cc1. The Morgan fingerprint density at radius 3 is 2.62 bits per heavy atom. The van der Waals surface area contributed by atoms with Crippen LogP contribution < -0.4 is 24.8 Å². The number of rotatable bonds is 7. The van der Waals surface area contributed by atoms with Crippen molar-refractivity contribution in [3.8, 4) is 17.2 Å². The maximum atomic E-state index is 12.1. The molecule has 26 heavy (non-hydrogen) atoms. The normalized spacial score (nSPS) is 11.7. The first-order valence-corrected chi connectivity index (χ1v) is 8.26. The fourth-order valence-electron chi connectivity index (χ4n) is 2.36. The summed E-state index contributed by atoms with van der Waals surface area (Å²) in [6, 6.07) is 12.5. The van der Waals surface area contributed by atoms with Gasteiger partial charge >= 0.3 is 0 Å². The van der Waals surface area contributed by atoms with Gasteiger partial charge in [0.2, 0.25) is 12.7 Å². The molecular formula is C19H20N2O5. The summed E-state index contributed by atoms with van der Waals surface area (Å²) >= 11 is 0. The molecule has 0 aliphatic carbocycles. The second-order valence-electron chi connectivity index (χ2n) is 5.76. The average molecular weight is 356 g/mol. The maximum absolute atomic E-state index is 12.1. The van der Waals surface area contributed by atoms with Crippen LogP contribution in [0.15, 0.2) is 42.5 Å². The number of fused-ring (bicyclic) bond motifs is 1. The zero-order valence-corrected chi connectivity index (χ0v) is 14.4. The monoisotopic (exact) mass is 356 g/mol. The smallest absolute Gasteiger partial charge is 0.251 e. The molecule has 0 unspecified atom stereocenters. The number of hydrogen-bond donors (Lipinski definition) is 2. The summed E-state index contributed by atoms with van der Waals surface area (Å²) in [6.45, 7) is 2.74. The van der Waals surface area contributed by atoms with Crippen LogP contribution in [-0.4, -0.2) is 38.3 Å². The molecule has 1 heterocycles. The van der Waals surface area contributed by atoms with Crippen LogP contribution in [0.5, 0.6) is 17.2 Å². The van der Waals surface area contributed by atoms with Gasteiger partial charge in [-0.25, -0.2) is 0 Å². The Morgan fingerprint density at radius 2 is 1.81 bits per heavy atom. The predicted octanol–water partition coefficient (Wildman–Crippen LogP) is 1.65. The van der Waals surface area contributed by atoms with Crippen molar-refractivity contribution in [3.63, 3.8) is 0 Å². The van der Waals surface area contributed by atoms with Gasteiger partial charge in [0.1, 0.15) is 12.4 Å². The number of aryl methyl sites for hydroxylation is 1. The average Bonchev–Trinajstić information content (AvgIpc) is 3.12. The van der Waals surface area contributed by atoms with Gasteiger partial charge < -0.3 is 24.8 Å². The van der Waals surface area contributed by atoms with Gasteiger partial charge in [0, 0.05) is 5.56 Å². The molecule has 7 heteroatoms. The maximum Gasteiger partial charge on any atom is 0.251 e. The lowest BCUT2D eigenvalue weighted by Gasteiger charge is -2.09. The van der Waals surface area contributed by atoms with E-state index in [4.69, 9.17) is 14.2 Å². The highest BCUT2D eigenvalue weighted by Gasteiger charge is 2.16. The Morgan fingerprint density at radius 1 is 1.04 bits per heavy atom. The molecule has 0 fully saturated rings. The van der Waals surface area contributed by atoms with Crippen molar-refractivity contribution in [1.82, 2.24) is 10.6 Å². The minimum atomic E-state index is -0.352. The van der Waals surface area contributed by atoms with Gasteiger partial charge in [-0.15, -0.1) is 0 Å². The third-order valence-corrected chi connectivity index (χ3v) is 3.76. The molecule has 0 aromatic heterocycles. The van der Waals surface area contributed by atoms with E-state index in [1.54, 1.807) is 18.2 Å². The Kier molecular flexibility index (Phi) is 5.58. The Labute approximate surface area is 151 Å². The first kappa shape index (κ1) is 17.6. The number of carbonyl (C=O) groups excluding carboxylic acids is 2. The molecule has 0 atom stereocenters. The summed E-state index contributed by atoms with van der Waals surface area (Å²) in [5.74, 6) is 1.24. The van der Waals surface area contributed by atoms with Crippen molar-refractivity contribution in [2.75, 3.05) is 26.5 Å². The molecule has 7 nitrogen and oxygen atoms in total. The van der Waals surface area contributed by atoms with E-state index in [2.05, 4.69) is 10.6 Å². The topological polar surface area (TPSA) is 85.9 Å². The van der Waals surface area contributed by atoms with Gasteiger partial charge in [-0.2, -0.15) is 0 Å². The minimum Gasteiger partial charge on any atom is -0.492 e. The second kappa shape index (κ2) is 8.24. The van der Waals surface area contributed by atoms with Crippen molar-refractivity contribution in [3.05, 3.63) is 53.6 Å². The molecule has 2 aromatic carbocycles. The summed E-state index contributed by atoms with van der Waals surface area (Å²) < 4.78 is 15.9. The van der Waals surface area contributed by atoms with Gasteiger partial charge in [-0.1, -0.05) is 17.7 Å². The van der Waals surface area contributed by atoms with E-state index in [1.165, 1.54) is 0 Å². The van der Waals surface area contributed by atoms with Crippen LogP contribution in [0.25, 0.3) is 0 Å². The molecule has 1 aliphatic rings. The van der Waals surface area contributed by atoms with Crippen LogP contribution in [-0.2, 0) is 4.79 Å². The van der Waals surface area contributed by atoms with Crippen molar-refractivity contribution >= 4 is 11.8 Å². The number of hydrogen-bond acceptors (Lipinski definition) is 5. The lowest BCUT2D eigenvalue weighted by molar-refractivity contribution is -0.120. The van der Waals surface area contributed by atoms with E-state index < -0.39 is 0 Å². The lowest BCUT2D eigenvalue weighted by Crippen LogP contribution is -2.38. The standard InChI is InChI=1S/C19H20N2O5/c1-13-2-5-15(6-3-13)24-9-8-20-18(22)11-21-19(23)14-4-7-16-17(10-14)26-12-25-16/h2-7,10H,8-9,11-12H2,1H3,(H,20,22)(H,21,23). The highest BCUT2D eigenvalue weighted by molar-refractivity contribution is 5.97. The first-order chi connectivity index (χ1) is 12.6.